The highest BCUT2D eigenvalue weighted by Crippen LogP contribution is 2.16. The SMILES string of the molecule is CN1CCCN(C)C(C(Cc2ccc(F)c(F)c2)NN)C1. The van der Waals surface area contributed by atoms with Crippen LogP contribution in [0.15, 0.2) is 18.2 Å². The molecule has 1 fully saturated rings. The first-order chi connectivity index (χ1) is 10.0. The molecule has 3 N–H and O–H groups in total. The summed E-state index contributed by atoms with van der Waals surface area (Å²) < 4.78 is 26.3. The van der Waals surface area contributed by atoms with E-state index in [1.54, 1.807) is 6.07 Å². The largest absolute Gasteiger partial charge is 0.305 e. The summed E-state index contributed by atoms with van der Waals surface area (Å²) >= 11 is 0. The van der Waals surface area contributed by atoms with Gasteiger partial charge in [-0.2, -0.15) is 0 Å². The standard InChI is InChI=1S/C15H24F2N4/c1-20-6-3-7-21(2)15(10-20)14(19-18)9-11-4-5-12(16)13(17)8-11/h4-5,8,14-15,19H,3,6-7,9-10,18H2,1-2H3. The Hall–Kier alpha value is -1.08. The van der Waals surface area contributed by atoms with E-state index >= 15 is 0 Å². The van der Waals surface area contributed by atoms with Crippen molar-refractivity contribution in [3.63, 3.8) is 0 Å². The van der Waals surface area contributed by atoms with Crippen LogP contribution in [0.4, 0.5) is 8.78 Å². The maximum atomic E-state index is 13.3. The number of hydrazine groups is 1. The van der Waals surface area contributed by atoms with Crippen LogP contribution in [0, 0.1) is 11.6 Å². The van der Waals surface area contributed by atoms with E-state index in [2.05, 4.69) is 29.3 Å². The topological polar surface area (TPSA) is 44.5 Å². The molecule has 6 heteroatoms. The van der Waals surface area contributed by atoms with E-state index in [-0.39, 0.29) is 12.1 Å². The maximum Gasteiger partial charge on any atom is 0.159 e. The second-order valence-corrected chi connectivity index (χ2v) is 5.89. The van der Waals surface area contributed by atoms with Crippen molar-refractivity contribution in [2.75, 3.05) is 33.7 Å². The fraction of sp³-hybridized carbons (Fsp3) is 0.600. The summed E-state index contributed by atoms with van der Waals surface area (Å²) in [4.78, 5) is 4.57. The molecule has 1 heterocycles. The lowest BCUT2D eigenvalue weighted by atomic mass is 9.98. The van der Waals surface area contributed by atoms with Crippen molar-refractivity contribution >= 4 is 0 Å². The van der Waals surface area contributed by atoms with Crippen LogP contribution >= 0.6 is 0 Å². The summed E-state index contributed by atoms with van der Waals surface area (Å²) in [5, 5.41) is 0. The predicted octanol–water partition coefficient (Wildman–Crippen LogP) is 0.975. The van der Waals surface area contributed by atoms with Gasteiger partial charge in [-0.3, -0.25) is 11.3 Å². The van der Waals surface area contributed by atoms with Crippen molar-refractivity contribution in [3.05, 3.63) is 35.4 Å². The number of halogens is 2. The van der Waals surface area contributed by atoms with Crippen LogP contribution in [-0.4, -0.2) is 55.6 Å². The van der Waals surface area contributed by atoms with Crippen LogP contribution in [0.25, 0.3) is 0 Å². The Morgan fingerprint density at radius 1 is 1.29 bits per heavy atom. The average Bonchev–Trinajstić information content (AvgIpc) is 2.61. The lowest BCUT2D eigenvalue weighted by Crippen LogP contribution is -2.55. The number of hydrogen-bond acceptors (Lipinski definition) is 4. The number of nitrogens with two attached hydrogens (primary N) is 1. The minimum atomic E-state index is -0.817. The lowest BCUT2D eigenvalue weighted by molar-refractivity contribution is 0.177. The Morgan fingerprint density at radius 2 is 2.05 bits per heavy atom. The van der Waals surface area contributed by atoms with Crippen molar-refractivity contribution in [1.82, 2.24) is 15.2 Å². The van der Waals surface area contributed by atoms with Gasteiger partial charge in [0.15, 0.2) is 11.6 Å². The van der Waals surface area contributed by atoms with Crippen LogP contribution in [0.5, 0.6) is 0 Å². The monoisotopic (exact) mass is 298 g/mol. The molecule has 2 unspecified atom stereocenters. The second-order valence-electron chi connectivity index (χ2n) is 5.89. The van der Waals surface area contributed by atoms with Gasteiger partial charge < -0.3 is 9.80 Å². The molecule has 0 amide bonds. The highest BCUT2D eigenvalue weighted by molar-refractivity contribution is 5.19. The van der Waals surface area contributed by atoms with Crippen molar-refractivity contribution in [2.24, 2.45) is 5.84 Å². The van der Waals surface area contributed by atoms with Gasteiger partial charge in [0.05, 0.1) is 0 Å². The number of nitrogens with one attached hydrogen (secondary N) is 1. The summed E-state index contributed by atoms with van der Waals surface area (Å²) in [6, 6.07) is 4.25. The molecule has 21 heavy (non-hydrogen) atoms. The van der Waals surface area contributed by atoms with Gasteiger partial charge in [-0.15, -0.1) is 0 Å². The fourth-order valence-electron chi connectivity index (χ4n) is 2.97. The Kier molecular flexibility index (Phi) is 5.64. The van der Waals surface area contributed by atoms with Gasteiger partial charge in [0.25, 0.3) is 0 Å². The molecule has 0 aromatic heterocycles. The van der Waals surface area contributed by atoms with E-state index < -0.39 is 11.6 Å². The highest BCUT2D eigenvalue weighted by atomic mass is 19.2. The zero-order valence-corrected chi connectivity index (χ0v) is 12.6. The van der Waals surface area contributed by atoms with Crippen LogP contribution in [0.3, 0.4) is 0 Å². The zero-order chi connectivity index (χ0) is 15.4. The highest BCUT2D eigenvalue weighted by Gasteiger charge is 2.28. The zero-order valence-electron chi connectivity index (χ0n) is 12.6. The fourth-order valence-corrected chi connectivity index (χ4v) is 2.97. The third-order valence-electron chi connectivity index (χ3n) is 4.23. The van der Waals surface area contributed by atoms with Crippen molar-refractivity contribution in [1.29, 1.82) is 0 Å². The molecule has 1 aromatic carbocycles. The molecule has 4 nitrogen and oxygen atoms in total. The third kappa shape index (κ3) is 4.20. The van der Waals surface area contributed by atoms with Gasteiger partial charge in [-0.25, -0.2) is 8.78 Å². The van der Waals surface area contributed by atoms with Crippen LogP contribution in [0.1, 0.15) is 12.0 Å². The molecule has 118 valence electrons. The van der Waals surface area contributed by atoms with Crippen molar-refractivity contribution in [2.45, 2.75) is 24.9 Å². The van der Waals surface area contributed by atoms with E-state index in [9.17, 15) is 8.78 Å². The van der Waals surface area contributed by atoms with Gasteiger partial charge >= 0.3 is 0 Å². The smallest absolute Gasteiger partial charge is 0.159 e. The third-order valence-corrected chi connectivity index (χ3v) is 4.23. The van der Waals surface area contributed by atoms with E-state index in [0.29, 0.717) is 6.42 Å². The molecular weight excluding hydrogens is 274 g/mol. The maximum absolute atomic E-state index is 13.3. The summed E-state index contributed by atoms with van der Waals surface area (Å²) in [7, 11) is 4.18. The number of rotatable bonds is 4. The summed E-state index contributed by atoms with van der Waals surface area (Å²) in [5.41, 5.74) is 3.60. The van der Waals surface area contributed by atoms with Crippen molar-refractivity contribution in [3.8, 4) is 0 Å². The molecule has 1 aromatic rings. The predicted molar refractivity (Wildman–Crippen MR) is 79.7 cm³/mol. The Balaban J connectivity index is 2.11. The van der Waals surface area contributed by atoms with Crippen LogP contribution in [-0.2, 0) is 6.42 Å². The number of benzene rings is 1. The first kappa shape index (κ1) is 16.3. The Labute approximate surface area is 124 Å². The number of nitrogens with zero attached hydrogens (tertiary/aromatic N) is 2. The van der Waals surface area contributed by atoms with Gasteiger partial charge in [-0.1, -0.05) is 6.07 Å². The number of hydrogen-bond donors (Lipinski definition) is 2. The summed E-state index contributed by atoms with van der Waals surface area (Å²) in [6.45, 7) is 2.96. The molecule has 1 saturated heterocycles. The van der Waals surface area contributed by atoms with Gasteiger partial charge in [-0.05, 0) is 57.7 Å². The van der Waals surface area contributed by atoms with E-state index in [0.717, 1.165) is 31.6 Å². The molecule has 0 aliphatic carbocycles. The van der Waals surface area contributed by atoms with E-state index in [1.807, 2.05) is 0 Å². The first-order valence-electron chi connectivity index (χ1n) is 7.30. The Morgan fingerprint density at radius 3 is 2.71 bits per heavy atom. The van der Waals surface area contributed by atoms with Gasteiger partial charge in [0, 0.05) is 18.6 Å². The molecule has 0 radical (unpaired) electrons. The molecule has 2 atom stereocenters. The number of likely N-dealkylation sites (N-methyl/N-ethyl adjacent to an activating group) is 2. The molecule has 1 aliphatic heterocycles. The van der Waals surface area contributed by atoms with Gasteiger partial charge in [0.1, 0.15) is 0 Å². The summed E-state index contributed by atoms with van der Waals surface area (Å²) in [5.74, 6) is 4.09. The van der Waals surface area contributed by atoms with E-state index in [4.69, 9.17) is 5.84 Å². The lowest BCUT2D eigenvalue weighted by Gasteiger charge is -2.34. The van der Waals surface area contributed by atoms with Crippen LogP contribution < -0.4 is 11.3 Å². The Bertz CT molecular complexity index is 469. The average molecular weight is 298 g/mol. The van der Waals surface area contributed by atoms with Gasteiger partial charge in [0.2, 0.25) is 0 Å². The molecule has 1 aliphatic rings. The molecule has 0 saturated carbocycles. The molecule has 2 rings (SSSR count). The molecule has 0 bridgehead atoms. The van der Waals surface area contributed by atoms with E-state index in [1.165, 1.54) is 12.1 Å². The first-order valence-corrected chi connectivity index (χ1v) is 7.30. The molecular formula is C15H24F2N4. The van der Waals surface area contributed by atoms with Crippen molar-refractivity contribution < 1.29 is 8.78 Å². The minimum Gasteiger partial charge on any atom is -0.305 e. The normalized spacial score (nSPS) is 23.0. The minimum absolute atomic E-state index is 0.0135. The second kappa shape index (κ2) is 7.26. The molecule has 0 spiro atoms. The van der Waals surface area contributed by atoms with Crippen LogP contribution in [0.2, 0.25) is 0 Å². The quantitative estimate of drug-likeness (QED) is 0.642. The summed E-state index contributed by atoms with van der Waals surface area (Å²) in [6.07, 6.45) is 1.68.